The lowest BCUT2D eigenvalue weighted by molar-refractivity contribution is 0.111. The van der Waals surface area contributed by atoms with Crippen LogP contribution in [-0.2, 0) is 11.3 Å². The third-order valence-corrected chi connectivity index (χ3v) is 3.59. The van der Waals surface area contributed by atoms with Crippen molar-refractivity contribution in [2.45, 2.75) is 46.1 Å². The highest BCUT2D eigenvalue weighted by atomic mass is 16.5. The lowest BCUT2D eigenvalue weighted by Crippen LogP contribution is -2.05. The molecule has 1 atom stereocenters. The molecule has 0 heterocycles. The summed E-state index contributed by atoms with van der Waals surface area (Å²) < 4.78 is 11.0. The van der Waals surface area contributed by atoms with Crippen molar-refractivity contribution in [1.29, 1.82) is 0 Å². The largest absolute Gasteiger partial charge is 0.497 e. The molecule has 0 spiro atoms. The number of hydrogen-bond acceptors (Lipinski definition) is 2. The molecule has 2 heteroatoms. The molecule has 1 aromatic carbocycles. The number of unbranched alkanes of at least 4 members (excludes halogenated alkanes) is 3. The quantitative estimate of drug-likeness (QED) is 0.319. The highest BCUT2D eigenvalue weighted by Crippen LogP contribution is 2.12. The zero-order chi connectivity index (χ0) is 17.5. The van der Waals surface area contributed by atoms with Gasteiger partial charge in [0.15, 0.2) is 0 Å². The van der Waals surface area contributed by atoms with Crippen LogP contribution in [0.1, 0.15) is 45.1 Å². The molecule has 0 saturated carbocycles. The molecule has 0 aliphatic carbocycles. The Labute approximate surface area is 147 Å². The molecule has 24 heavy (non-hydrogen) atoms. The smallest absolute Gasteiger partial charge is 0.118 e. The van der Waals surface area contributed by atoms with E-state index in [4.69, 9.17) is 9.47 Å². The summed E-state index contributed by atoms with van der Waals surface area (Å²) in [6.45, 7) is 5.43. The van der Waals surface area contributed by atoms with E-state index in [1.165, 1.54) is 19.3 Å². The lowest BCUT2D eigenvalue weighted by Gasteiger charge is -2.08. The zero-order valence-electron chi connectivity index (χ0n) is 15.3. The maximum Gasteiger partial charge on any atom is 0.118 e. The minimum Gasteiger partial charge on any atom is -0.497 e. The van der Waals surface area contributed by atoms with E-state index >= 15 is 0 Å². The Balaban J connectivity index is 2.37. The average molecular weight is 326 g/mol. The number of benzene rings is 1. The Morgan fingerprint density at radius 2 is 1.96 bits per heavy atom. The van der Waals surface area contributed by atoms with Crippen LogP contribution in [0.25, 0.3) is 0 Å². The highest BCUT2D eigenvalue weighted by Gasteiger charge is 2.01. The van der Waals surface area contributed by atoms with Gasteiger partial charge in [0.2, 0.25) is 0 Å². The summed E-state index contributed by atoms with van der Waals surface area (Å²) in [4.78, 5) is 0. The van der Waals surface area contributed by atoms with E-state index in [1.54, 1.807) is 7.11 Å². The Hall–Kier alpha value is -1.98. The van der Waals surface area contributed by atoms with Crippen LogP contribution in [0.3, 0.4) is 0 Å². The first-order chi connectivity index (χ1) is 11.8. The van der Waals surface area contributed by atoms with Gasteiger partial charge in [-0.3, -0.25) is 0 Å². The van der Waals surface area contributed by atoms with Crippen molar-refractivity contribution in [1.82, 2.24) is 0 Å². The summed E-state index contributed by atoms with van der Waals surface area (Å²) in [5.74, 6) is 7.38. The highest BCUT2D eigenvalue weighted by molar-refractivity contribution is 5.26. The molecule has 0 radical (unpaired) electrons. The summed E-state index contributed by atoms with van der Waals surface area (Å²) in [5, 5.41) is 0. The summed E-state index contributed by atoms with van der Waals surface area (Å²) in [7, 11) is 1.67. The fourth-order valence-electron chi connectivity index (χ4n) is 2.21. The summed E-state index contributed by atoms with van der Waals surface area (Å²) in [5.41, 5.74) is 1.14. The van der Waals surface area contributed by atoms with E-state index in [9.17, 15) is 0 Å². The van der Waals surface area contributed by atoms with Crippen molar-refractivity contribution in [3.63, 3.8) is 0 Å². The van der Waals surface area contributed by atoms with Crippen molar-refractivity contribution in [3.8, 4) is 17.6 Å². The number of rotatable bonds is 10. The summed E-state index contributed by atoms with van der Waals surface area (Å²) in [6.07, 6.45) is 13.2. The van der Waals surface area contributed by atoms with Gasteiger partial charge in [-0.2, -0.15) is 0 Å². The van der Waals surface area contributed by atoms with Crippen LogP contribution in [0, 0.1) is 17.8 Å². The first-order valence-electron chi connectivity index (χ1n) is 8.79. The van der Waals surface area contributed by atoms with Crippen molar-refractivity contribution in [2.24, 2.45) is 5.92 Å². The predicted octanol–water partition coefficient (Wildman–Crippen LogP) is 5.54. The lowest BCUT2D eigenvalue weighted by atomic mass is 10.1. The summed E-state index contributed by atoms with van der Waals surface area (Å²) in [6, 6.07) is 7.94. The third-order valence-electron chi connectivity index (χ3n) is 3.59. The molecule has 0 fully saturated rings. The van der Waals surface area contributed by atoms with Gasteiger partial charge >= 0.3 is 0 Å². The van der Waals surface area contributed by atoms with E-state index in [0.717, 1.165) is 17.7 Å². The van der Waals surface area contributed by atoms with Crippen LogP contribution < -0.4 is 4.74 Å². The van der Waals surface area contributed by atoms with E-state index in [2.05, 4.69) is 30.9 Å². The molecule has 0 aromatic heterocycles. The van der Waals surface area contributed by atoms with Crippen LogP contribution in [0.2, 0.25) is 0 Å². The van der Waals surface area contributed by atoms with Crippen LogP contribution in [0.15, 0.2) is 48.6 Å². The monoisotopic (exact) mass is 326 g/mol. The number of ether oxygens (including phenoxy) is 2. The maximum absolute atomic E-state index is 5.80. The van der Waals surface area contributed by atoms with Crippen LogP contribution in [0.5, 0.6) is 5.75 Å². The topological polar surface area (TPSA) is 18.5 Å². The minimum atomic E-state index is 0.133. The van der Waals surface area contributed by atoms with Gasteiger partial charge in [-0.15, -0.1) is 0 Å². The average Bonchev–Trinajstić information content (AvgIpc) is 2.61. The van der Waals surface area contributed by atoms with Gasteiger partial charge in [0.05, 0.1) is 26.2 Å². The third kappa shape index (κ3) is 9.22. The minimum absolute atomic E-state index is 0.133. The first-order valence-corrected chi connectivity index (χ1v) is 8.79. The molecule has 130 valence electrons. The Morgan fingerprint density at radius 1 is 1.17 bits per heavy atom. The second-order valence-corrected chi connectivity index (χ2v) is 5.68. The SMILES string of the molecule is C/C=C/[C@@H](C#C/C=C\CCCCC)COCc1ccc(OC)cc1. The van der Waals surface area contributed by atoms with Crippen molar-refractivity contribution in [2.75, 3.05) is 13.7 Å². The van der Waals surface area contributed by atoms with E-state index in [0.29, 0.717) is 13.2 Å². The molecule has 0 unspecified atom stereocenters. The second kappa shape index (κ2) is 13.5. The van der Waals surface area contributed by atoms with Gasteiger partial charge in [0.1, 0.15) is 5.75 Å². The predicted molar refractivity (Wildman–Crippen MR) is 102 cm³/mol. The molecule has 0 N–H and O–H groups in total. The van der Waals surface area contributed by atoms with Gasteiger partial charge < -0.3 is 9.47 Å². The van der Waals surface area contributed by atoms with Crippen LogP contribution >= 0.6 is 0 Å². The van der Waals surface area contributed by atoms with Crippen molar-refractivity contribution >= 4 is 0 Å². The van der Waals surface area contributed by atoms with Crippen LogP contribution in [0.4, 0.5) is 0 Å². The van der Waals surface area contributed by atoms with Gasteiger partial charge in [0, 0.05) is 0 Å². The number of allylic oxidation sites excluding steroid dienone is 3. The number of methoxy groups -OCH3 is 1. The van der Waals surface area contributed by atoms with E-state index in [1.807, 2.05) is 43.3 Å². The zero-order valence-corrected chi connectivity index (χ0v) is 15.3. The molecular formula is C22H30O2. The molecule has 0 aliphatic heterocycles. The van der Waals surface area contributed by atoms with Gasteiger partial charge in [-0.1, -0.05) is 62.0 Å². The fourth-order valence-corrected chi connectivity index (χ4v) is 2.21. The van der Waals surface area contributed by atoms with Crippen molar-refractivity contribution < 1.29 is 9.47 Å². The molecule has 1 aromatic rings. The van der Waals surface area contributed by atoms with E-state index < -0.39 is 0 Å². The Kier molecular flexibility index (Phi) is 11.3. The summed E-state index contributed by atoms with van der Waals surface area (Å²) >= 11 is 0. The maximum atomic E-state index is 5.80. The van der Waals surface area contributed by atoms with Gasteiger partial charge in [0.25, 0.3) is 0 Å². The molecule has 0 saturated heterocycles. The number of hydrogen-bond donors (Lipinski definition) is 0. The van der Waals surface area contributed by atoms with Crippen molar-refractivity contribution in [3.05, 3.63) is 54.1 Å². The molecular weight excluding hydrogens is 296 g/mol. The fraction of sp³-hybridized carbons (Fsp3) is 0.455. The molecule has 1 rings (SSSR count). The molecule has 0 bridgehead atoms. The molecule has 0 aliphatic rings. The standard InChI is InChI=1S/C22H30O2/c1-4-6-7-8-9-10-11-13-20(12-5-2)18-24-19-21-14-16-22(23-3)17-15-21/h5,9-10,12,14-17,20H,4,6-8,18-19H2,1-3H3/b10-9-,12-5+/t20-/m0/s1. The Bertz CT molecular complexity index is 544. The van der Waals surface area contributed by atoms with Gasteiger partial charge in [-0.25, -0.2) is 0 Å². The molecule has 0 amide bonds. The first kappa shape index (κ1) is 20.1. The molecule has 2 nitrogen and oxygen atoms in total. The van der Waals surface area contributed by atoms with Gasteiger partial charge in [-0.05, 0) is 43.5 Å². The normalized spacial score (nSPS) is 12.3. The second-order valence-electron chi connectivity index (χ2n) is 5.68. The van der Waals surface area contributed by atoms with Crippen LogP contribution in [-0.4, -0.2) is 13.7 Å². The Morgan fingerprint density at radius 3 is 2.62 bits per heavy atom. The van der Waals surface area contributed by atoms with E-state index in [-0.39, 0.29) is 5.92 Å².